The monoisotopic (exact) mass is 357 g/mol. The predicted molar refractivity (Wildman–Crippen MR) is 98.8 cm³/mol. The molecule has 1 unspecified atom stereocenters. The number of carbonyl (C=O) groups is 1. The van der Waals surface area contributed by atoms with Gasteiger partial charge in [0.15, 0.2) is 5.78 Å². The summed E-state index contributed by atoms with van der Waals surface area (Å²) in [5, 5.41) is 7.32. The van der Waals surface area contributed by atoms with Gasteiger partial charge >= 0.3 is 0 Å². The second-order valence-electron chi connectivity index (χ2n) is 6.32. The summed E-state index contributed by atoms with van der Waals surface area (Å²) >= 11 is 0. The van der Waals surface area contributed by atoms with Gasteiger partial charge in [-0.3, -0.25) is 9.59 Å². The second-order valence-corrected chi connectivity index (χ2v) is 6.32. The number of carbonyl (C=O) groups excluding carboxylic acids is 1. The van der Waals surface area contributed by atoms with Crippen LogP contribution in [0.2, 0.25) is 0 Å². The molecule has 1 N–H and O–H groups in total. The van der Waals surface area contributed by atoms with Gasteiger partial charge in [0.25, 0.3) is 5.56 Å². The molecule has 0 saturated carbocycles. The molecule has 1 saturated heterocycles. The Morgan fingerprint density at radius 2 is 2.23 bits per heavy atom. The van der Waals surface area contributed by atoms with Crippen molar-refractivity contribution >= 4 is 17.3 Å². The number of ether oxygens (including phenoxy) is 1. The third-order valence-corrected chi connectivity index (χ3v) is 4.40. The number of hydrogen-bond acceptors (Lipinski definition) is 7. The number of ketones is 1. The lowest BCUT2D eigenvalue weighted by Gasteiger charge is -2.34. The van der Waals surface area contributed by atoms with Crippen molar-refractivity contribution in [3.05, 3.63) is 46.5 Å². The minimum atomic E-state index is -0.118. The molecule has 8 nitrogen and oxygen atoms in total. The van der Waals surface area contributed by atoms with Gasteiger partial charge in [0.2, 0.25) is 0 Å². The molecule has 0 bridgehead atoms. The Hall–Kier alpha value is -2.74. The van der Waals surface area contributed by atoms with Gasteiger partial charge in [0, 0.05) is 44.5 Å². The molecule has 3 rings (SSSR count). The van der Waals surface area contributed by atoms with Crippen LogP contribution in [0.1, 0.15) is 23.7 Å². The van der Waals surface area contributed by atoms with Crippen molar-refractivity contribution in [3.63, 3.8) is 0 Å². The average Bonchev–Trinajstić information content (AvgIpc) is 2.65. The lowest BCUT2D eigenvalue weighted by Crippen LogP contribution is -2.43. The molecule has 8 heteroatoms. The zero-order chi connectivity index (χ0) is 18.5. The summed E-state index contributed by atoms with van der Waals surface area (Å²) in [4.78, 5) is 29.4. The number of aromatic nitrogens is 3. The maximum Gasteiger partial charge on any atom is 0.268 e. The number of aryl methyl sites for hydroxylation is 1. The average molecular weight is 357 g/mol. The summed E-state index contributed by atoms with van der Waals surface area (Å²) in [7, 11) is 1.64. The summed E-state index contributed by atoms with van der Waals surface area (Å²) < 4.78 is 7.14. The number of anilines is 2. The summed E-state index contributed by atoms with van der Waals surface area (Å²) in [6, 6.07) is 5.17. The van der Waals surface area contributed by atoms with E-state index in [4.69, 9.17) is 4.74 Å². The van der Waals surface area contributed by atoms with E-state index >= 15 is 0 Å². The molecule has 0 amide bonds. The molecule has 0 aromatic carbocycles. The summed E-state index contributed by atoms with van der Waals surface area (Å²) in [6.07, 6.45) is 4.16. The molecule has 1 aliphatic rings. The van der Waals surface area contributed by atoms with Gasteiger partial charge < -0.3 is 15.0 Å². The van der Waals surface area contributed by atoms with Crippen molar-refractivity contribution in [2.45, 2.75) is 19.4 Å². The number of hydrogen-bond donors (Lipinski definition) is 1. The van der Waals surface area contributed by atoms with Gasteiger partial charge in [0.05, 0.1) is 24.6 Å². The summed E-state index contributed by atoms with van der Waals surface area (Å²) in [5.41, 5.74) is 1.31. The highest BCUT2D eigenvalue weighted by molar-refractivity contribution is 5.93. The first-order chi connectivity index (χ1) is 12.5. The van der Waals surface area contributed by atoms with Crippen molar-refractivity contribution in [3.8, 4) is 0 Å². The Kier molecular flexibility index (Phi) is 5.62. The zero-order valence-electron chi connectivity index (χ0n) is 15.0. The van der Waals surface area contributed by atoms with Crippen LogP contribution in [0, 0.1) is 0 Å². The number of rotatable bonds is 6. The first kappa shape index (κ1) is 18.1. The standard InChI is InChI=1S/C18H23N5O3/c1-13(24)14-3-4-17(20-10-14)19-6-5-16-12-23(7-8-26-16)15-9-18(25)22(2)21-11-15/h3-4,9-11,16H,5-8,12H2,1-2H3,(H,19,20). The van der Waals surface area contributed by atoms with Gasteiger partial charge in [-0.2, -0.15) is 5.10 Å². The minimum Gasteiger partial charge on any atom is -0.374 e. The molecule has 0 aliphatic carbocycles. The maximum absolute atomic E-state index is 11.8. The third-order valence-electron chi connectivity index (χ3n) is 4.40. The van der Waals surface area contributed by atoms with Crippen LogP contribution in [0.3, 0.4) is 0 Å². The van der Waals surface area contributed by atoms with Crippen LogP contribution in [0.25, 0.3) is 0 Å². The van der Waals surface area contributed by atoms with E-state index in [1.54, 1.807) is 37.6 Å². The van der Waals surface area contributed by atoms with E-state index in [2.05, 4.69) is 20.3 Å². The van der Waals surface area contributed by atoms with Crippen molar-refractivity contribution in [2.75, 3.05) is 36.5 Å². The van der Waals surface area contributed by atoms with Crippen LogP contribution in [-0.4, -0.2) is 52.9 Å². The van der Waals surface area contributed by atoms with Gasteiger partial charge in [-0.25, -0.2) is 9.67 Å². The van der Waals surface area contributed by atoms with E-state index in [-0.39, 0.29) is 17.4 Å². The summed E-state index contributed by atoms with van der Waals surface area (Å²) in [5.74, 6) is 0.739. The molecule has 1 aliphatic heterocycles. The van der Waals surface area contributed by atoms with Crippen molar-refractivity contribution in [1.29, 1.82) is 0 Å². The highest BCUT2D eigenvalue weighted by Crippen LogP contribution is 2.16. The van der Waals surface area contributed by atoms with Gasteiger partial charge in [-0.15, -0.1) is 0 Å². The van der Waals surface area contributed by atoms with Crippen LogP contribution in [0.4, 0.5) is 11.5 Å². The molecule has 2 aromatic rings. The van der Waals surface area contributed by atoms with E-state index in [0.29, 0.717) is 25.3 Å². The van der Waals surface area contributed by atoms with E-state index in [9.17, 15) is 9.59 Å². The van der Waals surface area contributed by atoms with Crippen LogP contribution >= 0.6 is 0 Å². The topological polar surface area (TPSA) is 89.4 Å². The SMILES string of the molecule is CC(=O)c1ccc(NCCC2CN(c3cnn(C)c(=O)c3)CCO2)nc1. The molecule has 0 radical (unpaired) electrons. The Balaban J connectivity index is 1.51. The predicted octanol–water partition coefficient (Wildman–Crippen LogP) is 1.09. The van der Waals surface area contributed by atoms with Gasteiger partial charge in [-0.05, 0) is 25.5 Å². The highest BCUT2D eigenvalue weighted by atomic mass is 16.5. The van der Waals surface area contributed by atoms with E-state index < -0.39 is 0 Å². The molecular weight excluding hydrogens is 334 g/mol. The molecule has 26 heavy (non-hydrogen) atoms. The second kappa shape index (κ2) is 8.09. The maximum atomic E-state index is 11.8. The van der Waals surface area contributed by atoms with Crippen LogP contribution in [0.15, 0.2) is 35.4 Å². The molecule has 138 valence electrons. The fourth-order valence-electron chi connectivity index (χ4n) is 2.83. The number of morpholine rings is 1. The highest BCUT2D eigenvalue weighted by Gasteiger charge is 2.21. The van der Waals surface area contributed by atoms with Gasteiger partial charge in [-0.1, -0.05) is 0 Å². The quantitative estimate of drug-likeness (QED) is 0.774. The van der Waals surface area contributed by atoms with Crippen LogP contribution in [-0.2, 0) is 11.8 Å². The molecule has 0 spiro atoms. The van der Waals surface area contributed by atoms with Crippen LogP contribution in [0.5, 0.6) is 0 Å². The molecule has 2 aromatic heterocycles. The zero-order valence-corrected chi connectivity index (χ0v) is 15.0. The first-order valence-electron chi connectivity index (χ1n) is 8.63. The van der Waals surface area contributed by atoms with E-state index in [1.807, 2.05) is 0 Å². The van der Waals surface area contributed by atoms with Crippen molar-refractivity contribution < 1.29 is 9.53 Å². The Morgan fingerprint density at radius 1 is 1.38 bits per heavy atom. The largest absolute Gasteiger partial charge is 0.374 e. The fraction of sp³-hybridized carbons (Fsp3) is 0.444. The number of Topliss-reactive ketones (excluding diaryl/α,β-unsaturated/α-hetero) is 1. The Labute approximate surface area is 151 Å². The number of pyridine rings is 1. The molecule has 1 atom stereocenters. The number of nitrogens with one attached hydrogen (secondary N) is 1. The lowest BCUT2D eigenvalue weighted by molar-refractivity contribution is 0.0374. The summed E-state index contributed by atoms with van der Waals surface area (Å²) in [6.45, 7) is 4.31. The normalized spacial score (nSPS) is 17.2. The number of nitrogens with zero attached hydrogens (tertiary/aromatic N) is 4. The lowest BCUT2D eigenvalue weighted by atomic mass is 10.2. The smallest absolute Gasteiger partial charge is 0.268 e. The van der Waals surface area contributed by atoms with Crippen LogP contribution < -0.4 is 15.8 Å². The fourth-order valence-corrected chi connectivity index (χ4v) is 2.83. The molecule has 1 fully saturated rings. The molecule has 3 heterocycles. The van der Waals surface area contributed by atoms with Crippen molar-refractivity contribution in [1.82, 2.24) is 14.8 Å². The van der Waals surface area contributed by atoms with Gasteiger partial charge in [0.1, 0.15) is 5.82 Å². The first-order valence-corrected chi connectivity index (χ1v) is 8.63. The van der Waals surface area contributed by atoms with Crippen molar-refractivity contribution in [2.24, 2.45) is 7.05 Å². The van der Waals surface area contributed by atoms with E-state index in [0.717, 1.165) is 24.5 Å². The minimum absolute atomic E-state index is 0.00461. The molecular formula is C18H23N5O3. The third kappa shape index (κ3) is 4.45. The van der Waals surface area contributed by atoms with E-state index in [1.165, 1.54) is 11.6 Å². The Bertz CT molecular complexity index is 818. The Morgan fingerprint density at radius 3 is 2.92 bits per heavy atom.